The molecule has 3 unspecified atom stereocenters. The number of thiol groups is 3. The van der Waals surface area contributed by atoms with Crippen LogP contribution in [-0.4, -0.2) is 98.4 Å². The van der Waals surface area contributed by atoms with Crippen LogP contribution in [0.2, 0.25) is 0 Å². The largest absolute Gasteiger partial charge is 0.480 e. The summed E-state index contributed by atoms with van der Waals surface area (Å²) in [5.74, 6) is -2.86. The van der Waals surface area contributed by atoms with E-state index in [1.54, 1.807) is 0 Å². The Morgan fingerprint density at radius 2 is 1.84 bits per heavy atom. The molecule has 0 aromatic heterocycles. The topological polar surface area (TPSA) is 188 Å². The minimum absolute atomic E-state index is 0.0441. The highest BCUT2D eigenvalue weighted by molar-refractivity contribution is 8.10. The van der Waals surface area contributed by atoms with E-state index < -0.39 is 64.9 Å². The van der Waals surface area contributed by atoms with Crippen molar-refractivity contribution in [3.8, 4) is 0 Å². The Morgan fingerprint density at radius 3 is 2.39 bits per heavy atom. The molecule has 0 aromatic carbocycles. The molecule has 2 amide bonds. The number of thioether (sulfide) groups is 1. The molecule has 0 aliphatic heterocycles. The van der Waals surface area contributed by atoms with E-state index >= 15 is 0 Å². The monoisotopic (exact) mass is 519 g/mol. The van der Waals surface area contributed by atoms with Crippen LogP contribution >= 0.6 is 49.6 Å². The zero-order valence-electron chi connectivity index (χ0n) is 16.5. The summed E-state index contributed by atoms with van der Waals surface area (Å²) < 4.78 is 4.59. The predicted molar refractivity (Wildman–Crippen MR) is 126 cm³/mol. The van der Waals surface area contributed by atoms with E-state index in [0.29, 0.717) is 5.75 Å². The van der Waals surface area contributed by atoms with E-state index in [2.05, 4.69) is 48.5 Å². The van der Waals surface area contributed by atoms with Gasteiger partial charge in [-0.2, -0.15) is 37.9 Å². The first-order chi connectivity index (χ1) is 14.5. The number of aliphatic hydroxyl groups excluding tert-OH is 2. The Kier molecular flexibility index (Phi) is 16.3. The lowest BCUT2D eigenvalue weighted by molar-refractivity contribution is -0.143. The van der Waals surface area contributed by atoms with Gasteiger partial charge in [0.05, 0.1) is 17.3 Å². The molecule has 180 valence electrons. The lowest BCUT2D eigenvalue weighted by Crippen LogP contribution is -2.49. The summed E-state index contributed by atoms with van der Waals surface area (Å²) >= 11 is 13.6. The number of aliphatic hydroxyl groups is 2. The Balaban J connectivity index is 4.22. The van der Waals surface area contributed by atoms with Gasteiger partial charge in [0.1, 0.15) is 25.2 Å². The molecular weight excluding hydrogens is 490 g/mol. The highest BCUT2D eigenvalue weighted by Crippen LogP contribution is 2.19. The average molecular weight is 520 g/mol. The molecular formula is C16H29N3O8S4. The molecule has 0 heterocycles. The fourth-order valence-corrected chi connectivity index (χ4v) is 3.61. The Bertz CT molecular complexity index is 601. The number of aliphatic carboxylic acids is 1. The number of carboxylic acid groups (broad SMARTS) is 1. The van der Waals surface area contributed by atoms with Gasteiger partial charge in [-0.1, -0.05) is 0 Å². The molecule has 0 radical (unpaired) electrons. The van der Waals surface area contributed by atoms with Crippen LogP contribution in [0.25, 0.3) is 0 Å². The number of esters is 1. The molecule has 0 aromatic rings. The number of hydrogen-bond acceptors (Lipinski definition) is 12. The first kappa shape index (κ1) is 30.2. The fourth-order valence-electron chi connectivity index (χ4n) is 1.86. The van der Waals surface area contributed by atoms with Crippen molar-refractivity contribution in [1.29, 1.82) is 0 Å². The second-order valence-corrected chi connectivity index (χ2v) is 9.53. The number of carbonyl (C=O) groups is 4. The summed E-state index contributed by atoms with van der Waals surface area (Å²) in [6, 6.07) is -2.21. The molecule has 0 spiro atoms. The summed E-state index contributed by atoms with van der Waals surface area (Å²) in [6.45, 7) is -0.911. The van der Waals surface area contributed by atoms with Gasteiger partial charge in [0.25, 0.3) is 0 Å². The van der Waals surface area contributed by atoms with E-state index in [-0.39, 0.29) is 25.2 Å². The predicted octanol–water partition coefficient (Wildman–Crippen LogP) is -2.11. The molecule has 0 aliphatic rings. The van der Waals surface area contributed by atoms with Gasteiger partial charge in [-0.05, 0) is 6.42 Å². The van der Waals surface area contributed by atoms with Gasteiger partial charge in [-0.3, -0.25) is 19.2 Å². The quantitative estimate of drug-likeness (QED) is 0.0620. The molecule has 0 bridgehead atoms. The van der Waals surface area contributed by atoms with Crippen molar-refractivity contribution in [2.24, 2.45) is 5.73 Å². The van der Waals surface area contributed by atoms with Crippen molar-refractivity contribution in [2.45, 2.75) is 40.9 Å². The highest BCUT2D eigenvalue weighted by Gasteiger charge is 2.22. The van der Waals surface area contributed by atoms with Crippen LogP contribution < -0.4 is 16.4 Å². The summed E-state index contributed by atoms with van der Waals surface area (Å²) in [6.07, 6.45) is -1.25. The van der Waals surface area contributed by atoms with E-state index in [9.17, 15) is 24.3 Å². The van der Waals surface area contributed by atoms with Crippen molar-refractivity contribution < 1.29 is 39.2 Å². The Hall–Kier alpha value is -0.840. The number of rotatable bonds is 16. The third-order valence-corrected chi connectivity index (χ3v) is 6.53. The number of carboxylic acids is 1. The van der Waals surface area contributed by atoms with Crippen LogP contribution in [0.4, 0.5) is 0 Å². The van der Waals surface area contributed by atoms with Crippen LogP contribution in [0.5, 0.6) is 0 Å². The molecule has 0 saturated carbocycles. The second-order valence-electron chi connectivity index (χ2n) is 6.29. The first-order valence-electron chi connectivity index (χ1n) is 9.10. The summed E-state index contributed by atoms with van der Waals surface area (Å²) in [4.78, 5) is 46.3. The molecule has 0 saturated heterocycles. The van der Waals surface area contributed by atoms with E-state index in [1.165, 1.54) is 11.8 Å². The number of carbonyl (C=O) groups excluding carboxylic acids is 3. The van der Waals surface area contributed by atoms with Crippen LogP contribution in [0.1, 0.15) is 12.8 Å². The molecule has 0 rings (SSSR count). The van der Waals surface area contributed by atoms with Crippen molar-refractivity contribution in [3.05, 3.63) is 0 Å². The average Bonchev–Trinajstić information content (AvgIpc) is 2.75. The maximum absolute atomic E-state index is 12.1. The van der Waals surface area contributed by atoms with E-state index in [0.717, 1.165) is 0 Å². The number of nitrogens with two attached hydrogens (primary N) is 1. The SMILES string of the molecule is NC(CCC(=O)NC(CS)C(=O)NCC(=O)OCC(S)SC[C@@H](S)[C@H](O)CO)C(=O)O. The minimum Gasteiger partial charge on any atom is -0.480 e. The molecule has 0 aliphatic carbocycles. The third-order valence-electron chi connectivity index (χ3n) is 3.72. The van der Waals surface area contributed by atoms with Crippen molar-refractivity contribution in [1.82, 2.24) is 10.6 Å². The van der Waals surface area contributed by atoms with Gasteiger partial charge in [-0.25, -0.2) is 0 Å². The normalized spacial score (nSPS) is 15.8. The van der Waals surface area contributed by atoms with Crippen LogP contribution in [0.15, 0.2) is 0 Å². The summed E-state index contributed by atoms with van der Waals surface area (Å²) in [5.41, 5.74) is 5.31. The van der Waals surface area contributed by atoms with Gasteiger partial charge in [0.15, 0.2) is 0 Å². The van der Waals surface area contributed by atoms with Crippen LogP contribution in [0.3, 0.4) is 0 Å². The standard InChI is InChI=1S/C16H29N3O8S4/c17-8(16(25)26)1-2-12(22)19-9(6-28)15(24)18-3-13(23)27-5-14(30)31-7-11(29)10(21)4-20/h8-11,14,20-21,28-30H,1-7,17H2,(H,18,24)(H,19,22)(H,25,26)/t8?,9?,10-,11-,14?/m1/s1. The molecule has 31 heavy (non-hydrogen) atoms. The summed E-state index contributed by atoms with van der Waals surface area (Å²) in [5, 5.41) is 31.2. The van der Waals surface area contributed by atoms with Crippen LogP contribution in [-0.2, 0) is 23.9 Å². The van der Waals surface area contributed by atoms with E-state index in [1.807, 2.05) is 0 Å². The number of hydrogen-bond donors (Lipinski definition) is 9. The Labute approximate surface area is 200 Å². The number of ether oxygens (including phenoxy) is 1. The molecule has 15 heteroatoms. The minimum atomic E-state index is -1.23. The van der Waals surface area contributed by atoms with Crippen molar-refractivity contribution >= 4 is 73.4 Å². The Morgan fingerprint density at radius 1 is 1.19 bits per heavy atom. The van der Waals surface area contributed by atoms with Crippen molar-refractivity contribution in [3.63, 3.8) is 0 Å². The maximum atomic E-state index is 12.1. The van der Waals surface area contributed by atoms with Gasteiger partial charge < -0.3 is 36.4 Å². The number of nitrogens with one attached hydrogen (secondary N) is 2. The summed E-state index contributed by atoms with van der Waals surface area (Å²) in [7, 11) is 0. The third kappa shape index (κ3) is 14.0. The fraction of sp³-hybridized carbons (Fsp3) is 0.750. The zero-order valence-corrected chi connectivity index (χ0v) is 20.0. The highest BCUT2D eigenvalue weighted by atomic mass is 32.2. The lowest BCUT2D eigenvalue weighted by atomic mass is 10.1. The smallest absolute Gasteiger partial charge is 0.325 e. The van der Waals surface area contributed by atoms with Gasteiger partial charge in [-0.15, -0.1) is 11.8 Å². The van der Waals surface area contributed by atoms with Crippen LogP contribution in [0, 0.1) is 0 Å². The molecule has 5 atom stereocenters. The zero-order chi connectivity index (χ0) is 24.0. The molecule has 0 fully saturated rings. The second kappa shape index (κ2) is 16.7. The lowest BCUT2D eigenvalue weighted by Gasteiger charge is -2.18. The van der Waals surface area contributed by atoms with Gasteiger partial charge >= 0.3 is 11.9 Å². The maximum Gasteiger partial charge on any atom is 0.325 e. The van der Waals surface area contributed by atoms with Gasteiger partial charge in [0.2, 0.25) is 11.8 Å². The number of amides is 2. The van der Waals surface area contributed by atoms with Crippen molar-refractivity contribution in [2.75, 3.05) is 31.3 Å². The molecule has 11 nitrogen and oxygen atoms in total. The molecule has 7 N–H and O–H groups in total. The van der Waals surface area contributed by atoms with E-state index in [4.69, 9.17) is 20.7 Å². The van der Waals surface area contributed by atoms with Gasteiger partial charge in [0, 0.05) is 23.2 Å². The first-order valence-corrected chi connectivity index (χ1v) is 11.8.